The summed E-state index contributed by atoms with van der Waals surface area (Å²) in [6.07, 6.45) is 0.724. The molecule has 98 valence electrons. The Labute approximate surface area is 109 Å². The number of urea groups is 1. The molecule has 0 radical (unpaired) electrons. The average Bonchev–Trinajstić information content (AvgIpc) is 2.73. The summed E-state index contributed by atoms with van der Waals surface area (Å²) in [5.41, 5.74) is 0.748. The highest BCUT2D eigenvalue weighted by molar-refractivity contribution is 7.10. The topological polar surface area (TPSA) is 69.6 Å². The van der Waals surface area contributed by atoms with E-state index < -0.39 is 12.0 Å². The Morgan fingerprint density at radius 3 is 2.89 bits per heavy atom. The predicted molar refractivity (Wildman–Crippen MR) is 68.8 cm³/mol. The molecule has 0 aromatic carbocycles. The van der Waals surface area contributed by atoms with Crippen LogP contribution in [0.2, 0.25) is 0 Å². The van der Waals surface area contributed by atoms with E-state index in [1.807, 2.05) is 19.2 Å². The molecule has 1 unspecified atom stereocenters. The van der Waals surface area contributed by atoms with Crippen molar-refractivity contribution in [1.29, 1.82) is 0 Å². The van der Waals surface area contributed by atoms with Crippen LogP contribution in [0.1, 0.15) is 30.3 Å². The van der Waals surface area contributed by atoms with Gasteiger partial charge in [0.2, 0.25) is 0 Å². The molecule has 1 aromatic heterocycles. The van der Waals surface area contributed by atoms with Crippen molar-refractivity contribution in [2.45, 2.75) is 32.4 Å². The number of fused-ring (bicyclic) bond motifs is 1. The summed E-state index contributed by atoms with van der Waals surface area (Å²) in [5, 5.41) is 14.0. The number of rotatable bonds is 2. The van der Waals surface area contributed by atoms with Gasteiger partial charge in [0.25, 0.3) is 0 Å². The van der Waals surface area contributed by atoms with Gasteiger partial charge in [-0.2, -0.15) is 0 Å². The van der Waals surface area contributed by atoms with Crippen LogP contribution in [0, 0.1) is 0 Å². The molecule has 0 saturated heterocycles. The zero-order valence-electron chi connectivity index (χ0n) is 10.3. The van der Waals surface area contributed by atoms with E-state index >= 15 is 0 Å². The minimum atomic E-state index is -0.978. The minimum absolute atomic E-state index is 0.00387. The largest absolute Gasteiger partial charge is 0.479 e. The highest BCUT2D eigenvalue weighted by Gasteiger charge is 2.36. The summed E-state index contributed by atoms with van der Waals surface area (Å²) in [4.78, 5) is 25.9. The summed E-state index contributed by atoms with van der Waals surface area (Å²) in [7, 11) is 0. The molecule has 1 aromatic rings. The summed E-state index contributed by atoms with van der Waals surface area (Å²) in [6.45, 7) is 4.16. The molecule has 0 bridgehead atoms. The number of carboxylic acids is 1. The van der Waals surface area contributed by atoms with Gasteiger partial charge in [-0.25, -0.2) is 9.59 Å². The van der Waals surface area contributed by atoms with Crippen molar-refractivity contribution in [3.05, 3.63) is 21.9 Å². The molecule has 2 rings (SSSR count). The first kappa shape index (κ1) is 12.9. The van der Waals surface area contributed by atoms with E-state index in [1.165, 1.54) is 4.90 Å². The van der Waals surface area contributed by atoms with Crippen LogP contribution >= 0.6 is 11.3 Å². The highest BCUT2D eigenvalue weighted by atomic mass is 32.1. The molecule has 1 aliphatic rings. The van der Waals surface area contributed by atoms with Gasteiger partial charge < -0.3 is 15.3 Å². The molecule has 0 spiro atoms. The standard InChI is InChI=1S/C12H16N2O3S/c1-7(2)13-12(17)14-5-3-9-8(4-6-18-9)10(14)11(15)16/h4,6-7,10H,3,5H2,1-2H3,(H,13,17)(H,15,16). The Morgan fingerprint density at radius 1 is 1.56 bits per heavy atom. The maximum atomic E-state index is 12.0. The van der Waals surface area contributed by atoms with Crippen LogP contribution in [0.5, 0.6) is 0 Å². The van der Waals surface area contributed by atoms with Gasteiger partial charge in [0.1, 0.15) is 0 Å². The van der Waals surface area contributed by atoms with Crippen molar-refractivity contribution >= 4 is 23.3 Å². The number of carbonyl (C=O) groups excluding carboxylic acids is 1. The van der Waals surface area contributed by atoms with Gasteiger partial charge in [-0.15, -0.1) is 11.3 Å². The van der Waals surface area contributed by atoms with Crippen molar-refractivity contribution in [3.8, 4) is 0 Å². The SMILES string of the molecule is CC(C)NC(=O)N1CCc2sccc2C1C(=O)O. The lowest BCUT2D eigenvalue weighted by Gasteiger charge is -2.33. The smallest absolute Gasteiger partial charge is 0.331 e. The van der Waals surface area contributed by atoms with Crippen molar-refractivity contribution in [2.75, 3.05) is 6.54 Å². The molecule has 5 nitrogen and oxygen atoms in total. The number of hydrogen-bond acceptors (Lipinski definition) is 3. The molecule has 0 aliphatic carbocycles. The third kappa shape index (κ3) is 2.33. The third-order valence-corrected chi connectivity index (χ3v) is 3.87. The van der Waals surface area contributed by atoms with E-state index in [2.05, 4.69) is 5.32 Å². The zero-order chi connectivity index (χ0) is 13.3. The quantitative estimate of drug-likeness (QED) is 0.860. The Kier molecular flexibility index (Phi) is 3.56. The molecule has 1 aliphatic heterocycles. The predicted octanol–water partition coefficient (Wildman–Crippen LogP) is 1.85. The number of nitrogens with zero attached hydrogens (tertiary/aromatic N) is 1. The first-order chi connectivity index (χ1) is 8.50. The van der Waals surface area contributed by atoms with Crippen LogP contribution in [-0.4, -0.2) is 34.6 Å². The Morgan fingerprint density at radius 2 is 2.28 bits per heavy atom. The normalized spacial score (nSPS) is 18.6. The van der Waals surface area contributed by atoms with Gasteiger partial charge in [-0.3, -0.25) is 0 Å². The first-order valence-electron chi connectivity index (χ1n) is 5.87. The maximum absolute atomic E-state index is 12.0. The summed E-state index contributed by atoms with van der Waals surface area (Å²) < 4.78 is 0. The fourth-order valence-corrected chi connectivity index (χ4v) is 3.04. The molecule has 2 N–H and O–H groups in total. The second-order valence-electron chi connectivity index (χ2n) is 4.59. The number of amides is 2. The van der Waals surface area contributed by atoms with Crippen LogP contribution in [0.25, 0.3) is 0 Å². The average molecular weight is 268 g/mol. The van der Waals surface area contributed by atoms with E-state index in [-0.39, 0.29) is 12.1 Å². The number of nitrogens with one attached hydrogen (secondary N) is 1. The second-order valence-corrected chi connectivity index (χ2v) is 5.59. The van der Waals surface area contributed by atoms with Crippen molar-refractivity contribution in [2.24, 2.45) is 0 Å². The summed E-state index contributed by atoms with van der Waals surface area (Å²) >= 11 is 1.55. The van der Waals surface area contributed by atoms with Gasteiger partial charge >= 0.3 is 12.0 Å². The van der Waals surface area contributed by atoms with E-state index in [4.69, 9.17) is 0 Å². The van der Waals surface area contributed by atoms with Gasteiger partial charge in [0.05, 0.1) is 0 Å². The monoisotopic (exact) mass is 268 g/mol. The van der Waals surface area contributed by atoms with E-state index in [1.54, 1.807) is 17.4 Å². The highest BCUT2D eigenvalue weighted by Crippen LogP contribution is 2.33. The number of carboxylic acid groups (broad SMARTS) is 1. The molecule has 1 atom stereocenters. The van der Waals surface area contributed by atoms with Gasteiger partial charge in [0.15, 0.2) is 6.04 Å². The van der Waals surface area contributed by atoms with E-state index in [9.17, 15) is 14.7 Å². The van der Waals surface area contributed by atoms with Crippen LogP contribution in [0.3, 0.4) is 0 Å². The van der Waals surface area contributed by atoms with Crippen LogP contribution in [-0.2, 0) is 11.2 Å². The van der Waals surface area contributed by atoms with E-state index in [0.717, 1.165) is 16.9 Å². The fourth-order valence-electron chi connectivity index (χ4n) is 2.13. The van der Waals surface area contributed by atoms with E-state index in [0.29, 0.717) is 6.54 Å². The first-order valence-corrected chi connectivity index (χ1v) is 6.75. The molecule has 2 amide bonds. The van der Waals surface area contributed by atoms with Crippen molar-refractivity contribution in [3.63, 3.8) is 0 Å². The molecule has 6 heteroatoms. The van der Waals surface area contributed by atoms with Crippen LogP contribution in [0.4, 0.5) is 4.79 Å². The van der Waals surface area contributed by atoms with Gasteiger partial charge in [-0.05, 0) is 37.3 Å². The van der Waals surface area contributed by atoms with Crippen molar-refractivity contribution < 1.29 is 14.7 Å². The summed E-state index contributed by atoms with van der Waals surface area (Å²) in [5.74, 6) is -0.978. The van der Waals surface area contributed by atoms with Gasteiger partial charge in [-0.1, -0.05) is 0 Å². The molecule has 0 saturated carbocycles. The number of carbonyl (C=O) groups is 2. The zero-order valence-corrected chi connectivity index (χ0v) is 11.2. The molecule has 2 heterocycles. The molecule has 0 fully saturated rings. The molecular weight excluding hydrogens is 252 g/mol. The van der Waals surface area contributed by atoms with Crippen molar-refractivity contribution in [1.82, 2.24) is 10.2 Å². The Hall–Kier alpha value is -1.56. The molecule has 18 heavy (non-hydrogen) atoms. The minimum Gasteiger partial charge on any atom is -0.479 e. The third-order valence-electron chi connectivity index (χ3n) is 2.87. The maximum Gasteiger partial charge on any atom is 0.331 e. The lowest BCUT2D eigenvalue weighted by Crippen LogP contribution is -2.49. The second kappa shape index (κ2) is 4.97. The lowest BCUT2D eigenvalue weighted by atomic mass is 10.0. The van der Waals surface area contributed by atoms with Gasteiger partial charge in [0, 0.05) is 17.5 Å². The summed E-state index contributed by atoms with van der Waals surface area (Å²) in [6, 6.07) is 0.622. The van der Waals surface area contributed by atoms with Crippen LogP contribution in [0.15, 0.2) is 11.4 Å². The fraction of sp³-hybridized carbons (Fsp3) is 0.500. The number of thiophene rings is 1. The van der Waals surface area contributed by atoms with Crippen LogP contribution < -0.4 is 5.32 Å². The number of hydrogen-bond donors (Lipinski definition) is 2. The lowest BCUT2D eigenvalue weighted by molar-refractivity contribution is -0.142. The Balaban J connectivity index is 2.27. The number of aliphatic carboxylic acids is 1. The Bertz CT molecular complexity index is 470. The molecular formula is C12H16N2O3S.